The van der Waals surface area contributed by atoms with E-state index < -0.39 is 0 Å². The molecule has 5 heterocycles. The van der Waals surface area contributed by atoms with Crippen molar-refractivity contribution in [1.82, 2.24) is 19.9 Å². The Morgan fingerprint density at radius 3 is 1.65 bits per heavy atom. The van der Waals surface area contributed by atoms with Gasteiger partial charge in [0.05, 0.1) is 22.8 Å². The smallest absolute Gasteiger partial charge is 0.0693 e. The summed E-state index contributed by atoms with van der Waals surface area (Å²) in [6.45, 7) is 13.3. The summed E-state index contributed by atoms with van der Waals surface area (Å²) in [5, 5.41) is 19.3. The maximum absolute atomic E-state index is 9.63. The minimum Gasteiger partial charge on any atom is -0.396 e. The van der Waals surface area contributed by atoms with Crippen molar-refractivity contribution in [3.63, 3.8) is 0 Å². The predicted molar refractivity (Wildman–Crippen MR) is 167 cm³/mol. The molecule has 0 saturated carbocycles. The van der Waals surface area contributed by atoms with Crippen molar-refractivity contribution in [2.75, 3.05) is 13.2 Å². The van der Waals surface area contributed by atoms with Crippen molar-refractivity contribution in [3.05, 3.63) is 69.3 Å². The number of rotatable bonds is 8. The lowest BCUT2D eigenvalue weighted by atomic mass is 10.0. The van der Waals surface area contributed by atoms with Crippen LogP contribution in [0.1, 0.15) is 98.4 Å². The number of fused-ring (bicyclic) bond motifs is 8. The summed E-state index contributed by atoms with van der Waals surface area (Å²) in [4.78, 5) is 17.7. The van der Waals surface area contributed by atoms with Crippen LogP contribution >= 0.6 is 0 Å². The molecular formula is C34H42N4O2. The zero-order chi connectivity index (χ0) is 28.6. The third-order valence-corrected chi connectivity index (χ3v) is 8.68. The fourth-order valence-electron chi connectivity index (χ4n) is 6.27. The van der Waals surface area contributed by atoms with Crippen molar-refractivity contribution in [2.45, 2.75) is 80.1 Å². The van der Waals surface area contributed by atoms with Gasteiger partial charge in [-0.1, -0.05) is 13.8 Å². The molecule has 40 heavy (non-hydrogen) atoms. The van der Waals surface area contributed by atoms with Crippen molar-refractivity contribution in [1.29, 1.82) is 0 Å². The molecule has 0 fully saturated rings. The number of hydrogen-bond donors (Lipinski definition) is 4. The lowest BCUT2D eigenvalue weighted by Gasteiger charge is -2.03. The lowest BCUT2D eigenvalue weighted by molar-refractivity contribution is 0.288. The Bertz CT molecular complexity index is 1680. The SMILES string of the molecule is CCC1=C(C)c2cc3[nH]c(cc4nc(cc5[nH]c(cc1n2)c(C)c5CC)C(C)=C4CCCO)c(CCCO)c3C. The summed E-state index contributed by atoms with van der Waals surface area (Å²) in [5.41, 5.74) is 17.9. The Morgan fingerprint density at radius 1 is 0.575 bits per heavy atom. The maximum Gasteiger partial charge on any atom is 0.0693 e. The number of nitrogens with one attached hydrogen (secondary N) is 2. The second kappa shape index (κ2) is 11.6. The Balaban J connectivity index is 1.94. The first kappa shape index (κ1) is 28.1. The molecule has 6 nitrogen and oxygen atoms in total. The lowest BCUT2D eigenvalue weighted by Crippen LogP contribution is -1.91. The van der Waals surface area contributed by atoms with Crippen LogP contribution in [0.3, 0.4) is 0 Å². The van der Waals surface area contributed by atoms with Crippen LogP contribution in [-0.2, 0) is 12.8 Å². The molecule has 3 aromatic heterocycles. The van der Waals surface area contributed by atoms with Crippen molar-refractivity contribution < 1.29 is 10.2 Å². The second-order valence-electron chi connectivity index (χ2n) is 11.0. The van der Waals surface area contributed by atoms with Gasteiger partial charge in [0.15, 0.2) is 0 Å². The van der Waals surface area contributed by atoms with Crippen LogP contribution in [0.15, 0.2) is 24.3 Å². The highest BCUT2D eigenvalue weighted by Crippen LogP contribution is 2.36. The molecule has 0 aromatic carbocycles. The third kappa shape index (κ3) is 4.95. The third-order valence-electron chi connectivity index (χ3n) is 8.68. The van der Waals surface area contributed by atoms with Gasteiger partial charge in [0, 0.05) is 35.3 Å². The minimum atomic E-state index is 0.147. The molecule has 2 aliphatic rings. The van der Waals surface area contributed by atoms with E-state index in [1.807, 2.05) is 0 Å². The fourth-order valence-corrected chi connectivity index (χ4v) is 6.27. The zero-order valence-corrected chi connectivity index (χ0v) is 24.8. The normalized spacial score (nSPS) is 13.6. The molecule has 5 rings (SSSR count). The Hall–Kier alpha value is -3.48. The quantitative estimate of drug-likeness (QED) is 0.239. The molecule has 0 saturated heterocycles. The van der Waals surface area contributed by atoms with Gasteiger partial charge in [-0.15, -0.1) is 0 Å². The minimum absolute atomic E-state index is 0.147. The highest BCUT2D eigenvalue weighted by Gasteiger charge is 2.20. The monoisotopic (exact) mass is 538 g/mol. The van der Waals surface area contributed by atoms with Gasteiger partial charge in [0.1, 0.15) is 0 Å². The van der Waals surface area contributed by atoms with E-state index in [1.54, 1.807) is 0 Å². The standard InChI is InChI=1S/C34H42N4O2/c1-7-23-19(3)27-15-28-21(5)25(11-9-13-39)33(37-28)18-34-26(12-10-14-40)22(6)30(38-34)17-32-24(8-2)20(4)29(36-32)16-31(23)35-27/h15-18,36-37,39-40H,7-14H2,1-6H3. The van der Waals surface area contributed by atoms with E-state index in [4.69, 9.17) is 9.97 Å². The van der Waals surface area contributed by atoms with Gasteiger partial charge in [0.2, 0.25) is 0 Å². The molecular weight excluding hydrogens is 496 g/mol. The van der Waals surface area contributed by atoms with E-state index in [9.17, 15) is 10.2 Å². The molecule has 4 N–H and O–H groups in total. The van der Waals surface area contributed by atoms with Gasteiger partial charge in [-0.25, -0.2) is 9.97 Å². The van der Waals surface area contributed by atoms with Gasteiger partial charge >= 0.3 is 0 Å². The van der Waals surface area contributed by atoms with Crippen molar-refractivity contribution in [2.24, 2.45) is 0 Å². The van der Waals surface area contributed by atoms with E-state index in [0.29, 0.717) is 12.8 Å². The van der Waals surface area contributed by atoms with E-state index in [0.717, 1.165) is 76.1 Å². The molecule has 0 amide bonds. The number of hydrogen-bond acceptors (Lipinski definition) is 4. The topological polar surface area (TPSA) is 97.8 Å². The number of aliphatic hydroxyl groups excluding tert-OH is 2. The summed E-state index contributed by atoms with van der Waals surface area (Å²) in [6, 6.07) is 8.73. The van der Waals surface area contributed by atoms with Crippen LogP contribution in [0.4, 0.5) is 0 Å². The molecule has 6 heteroatoms. The number of aromatic nitrogens is 4. The zero-order valence-electron chi connectivity index (χ0n) is 24.8. The number of allylic oxidation sites excluding steroid dienone is 4. The van der Waals surface area contributed by atoms with Crippen molar-refractivity contribution >= 4 is 44.4 Å². The Labute approximate surface area is 237 Å². The summed E-state index contributed by atoms with van der Waals surface area (Å²) in [5.74, 6) is 0. The Morgan fingerprint density at radius 2 is 1.05 bits per heavy atom. The van der Waals surface area contributed by atoms with Crippen LogP contribution in [-0.4, -0.2) is 43.4 Å². The molecule has 3 aromatic rings. The largest absolute Gasteiger partial charge is 0.396 e. The van der Waals surface area contributed by atoms with Gasteiger partial charge in [-0.3, -0.25) is 0 Å². The molecule has 8 bridgehead atoms. The number of H-pyrrole nitrogens is 2. The average molecular weight is 539 g/mol. The predicted octanol–water partition coefficient (Wildman–Crippen LogP) is 7.46. The van der Waals surface area contributed by atoms with Gasteiger partial charge in [-0.05, 0) is 135 Å². The fraction of sp³-hybridized carbons (Fsp3) is 0.412. The number of aryl methyl sites for hydroxylation is 4. The van der Waals surface area contributed by atoms with Crippen LogP contribution in [0.5, 0.6) is 0 Å². The van der Waals surface area contributed by atoms with Crippen LogP contribution < -0.4 is 0 Å². The van der Waals surface area contributed by atoms with Gasteiger partial charge < -0.3 is 20.2 Å². The number of aromatic amines is 2. The second-order valence-corrected chi connectivity index (χ2v) is 11.0. The molecule has 0 spiro atoms. The van der Waals surface area contributed by atoms with Gasteiger partial charge in [-0.2, -0.15) is 0 Å². The highest BCUT2D eigenvalue weighted by molar-refractivity contribution is 5.94. The number of aliphatic hydroxyl groups is 2. The molecule has 0 radical (unpaired) electrons. The molecule has 0 unspecified atom stereocenters. The van der Waals surface area contributed by atoms with E-state index >= 15 is 0 Å². The molecule has 0 atom stereocenters. The van der Waals surface area contributed by atoms with Crippen LogP contribution in [0.25, 0.3) is 44.4 Å². The Kier molecular flexibility index (Phi) is 8.11. The van der Waals surface area contributed by atoms with Crippen LogP contribution in [0, 0.1) is 13.8 Å². The average Bonchev–Trinajstić information content (AvgIpc) is 3.59. The highest BCUT2D eigenvalue weighted by atomic mass is 16.3. The molecule has 210 valence electrons. The van der Waals surface area contributed by atoms with Crippen molar-refractivity contribution in [3.8, 4) is 0 Å². The summed E-state index contributed by atoms with van der Waals surface area (Å²) < 4.78 is 0. The summed E-state index contributed by atoms with van der Waals surface area (Å²) in [6.07, 6.45) is 4.77. The van der Waals surface area contributed by atoms with Gasteiger partial charge in [0.25, 0.3) is 0 Å². The summed E-state index contributed by atoms with van der Waals surface area (Å²) in [7, 11) is 0. The first-order valence-corrected chi connectivity index (χ1v) is 14.7. The maximum atomic E-state index is 9.63. The molecule has 0 aliphatic carbocycles. The molecule has 2 aliphatic heterocycles. The van der Waals surface area contributed by atoms with E-state index in [1.165, 1.54) is 39.0 Å². The first-order chi connectivity index (χ1) is 19.3. The summed E-state index contributed by atoms with van der Waals surface area (Å²) >= 11 is 0. The first-order valence-electron chi connectivity index (χ1n) is 14.7. The number of nitrogens with zero attached hydrogens (tertiary/aromatic N) is 2. The van der Waals surface area contributed by atoms with E-state index in [-0.39, 0.29) is 13.2 Å². The van der Waals surface area contributed by atoms with E-state index in [2.05, 4.69) is 75.8 Å². The van der Waals surface area contributed by atoms with Crippen LogP contribution in [0.2, 0.25) is 0 Å².